The maximum atomic E-state index is 9.15. The highest BCUT2D eigenvalue weighted by Gasteiger charge is 2.28. The number of hydrogen-bond donors (Lipinski definition) is 1. The highest BCUT2D eigenvalue weighted by atomic mass is 16.7. The molecular formula is C14H21NO4. The molecule has 1 fully saturated rings. The Morgan fingerprint density at radius 1 is 1.42 bits per heavy atom. The maximum Gasteiger partial charge on any atom is 0.191 e. The fourth-order valence-corrected chi connectivity index (χ4v) is 1.86. The van der Waals surface area contributed by atoms with Gasteiger partial charge >= 0.3 is 0 Å². The summed E-state index contributed by atoms with van der Waals surface area (Å²) in [5, 5.41) is 9.15. The Kier molecular flexibility index (Phi) is 4.39. The first-order valence-corrected chi connectivity index (χ1v) is 6.43. The second kappa shape index (κ2) is 5.86. The van der Waals surface area contributed by atoms with Crippen molar-refractivity contribution < 1.29 is 19.3 Å². The van der Waals surface area contributed by atoms with Crippen molar-refractivity contribution in [3.63, 3.8) is 0 Å². The van der Waals surface area contributed by atoms with Crippen LogP contribution in [0.5, 0.6) is 5.75 Å². The summed E-state index contributed by atoms with van der Waals surface area (Å²) in [7, 11) is 0. The van der Waals surface area contributed by atoms with Gasteiger partial charge in [0.25, 0.3) is 0 Å². The molecule has 5 heteroatoms. The van der Waals surface area contributed by atoms with Gasteiger partial charge in [-0.15, -0.1) is 0 Å². The summed E-state index contributed by atoms with van der Waals surface area (Å²) in [6.45, 7) is 7.66. The molecule has 1 aromatic rings. The quantitative estimate of drug-likeness (QED) is 0.899. The number of nitrogens with zero attached hydrogens (tertiary/aromatic N) is 1. The molecule has 0 radical (unpaired) electrons. The lowest BCUT2D eigenvalue weighted by molar-refractivity contribution is -0.231. The van der Waals surface area contributed by atoms with Crippen LogP contribution < -0.4 is 4.74 Å². The second-order valence-corrected chi connectivity index (χ2v) is 5.57. The van der Waals surface area contributed by atoms with Crippen LogP contribution in [-0.4, -0.2) is 36.2 Å². The van der Waals surface area contributed by atoms with E-state index in [1.54, 1.807) is 12.3 Å². The Labute approximate surface area is 113 Å². The number of ether oxygens (including phenoxy) is 3. The van der Waals surface area contributed by atoms with Crippen LogP contribution in [0.25, 0.3) is 0 Å². The van der Waals surface area contributed by atoms with E-state index in [1.807, 2.05) is 6.92 Å². The van der Waals surface area contributed by atoms with E-state index < -0.39 is 0 Å². The van der Waals surface area contributed by atoms with Crippen LogP contribution in [0, 0.1) is 12.3 Å². The third-order valence-electron chi connectivity index (χ3n) is 3.10. The van der Waals surface area contributed by atoms with Gasteiger partial charge in [0.05, 0.1) is 25.5 Å². The van der Waals surface area contributed by atoms with Crippen molar-refractivity contribution in [1.29, 1.82) is 0 Å². The average Bonchev–Trinajstić information content (AvgIpc) is 2.39. The molecule has 1 aromatic heterocycles. The molecule has 1 aliphatic heterocycles. The minimum absolute atomic E-state index is 0.0626. The van der Waals surface area contributed by atoms with E-state index >= 15 is 0 Å². The Morgan fingerprint density at radius 2 is 2.11 bits per heavy atom. The van der Waals surface area contributed by atoms with Crippen LogP contribution in [0.3, 0.4) is 0 Å². The SMILES string of the molecule is Cc1c(OCC2OCC(C)(C)CO2)ccnc1CO. The van der Waals surface area contributed by atoms with E-state index in [0.29, 0.717) is 31.3 Å². The van der Waals surface area contributed by atoms with Crippen molar-refractivity contribution in [3.05, 3.63) is 23.5 Å². The van der Waals surface area contributed by atoms with Crippen LogP contribution in [0.15, 0.2) is 12.3 Å². The van der Waals surface area contributed by atoms with Crippen molar-refractivity contribution in [1.82, 2.24) is 4.98 Å². The molecule has 2 rings (SSSR count). The monoisotopic (exact) mass is 267 g/mol. The molecule has 106 valence electrons. The Morgan fingerprint density at radius 3 is 2.74 bits per heavy atom. The minimum atomic E-state index is -0.335. The molecule has 0 aliphatic carbocycles. The van der Waals surface area contributed by atoms with Gasteiger partial charge in [-0.05, 0) is 13.0 Å². The van der Waals surface area contributed by atoms with Crippen molar-refractivity contribution in [3.8, 4) is 5.75 Å². The number of aliphatic hydroxyl groups excluding tert-OH is 1. The van der Waals surface area contributed by atoms with Gasteiger partial charge in [-0.25, -0.2) is 0 Å². The van der Waals surface area contributed by atoms with E-state index in [2.05, 4.69) is 18.8 Å². The maximum absolute atomic E-state index is 9.15. The molecule has 0 bridgehead atoms. The first-order chi connectivity index (χ1) is 9.02. The van der Waals surface area contributed by atoms with Gasteiger partial charge < -0.3 is 19.3 Å². The largest absolute Gasteiger partial charge is 0.488 e. The standard InChI is InChI=1S/C14H21NO4/c1-10-11(6-16)15-5-4-12(10)17-7-13-18-8-14(2,3)9-19-13/h4-5,13,16H,6-9H2,1-3H3. The fraction of sp³-hybridized carbons (Fsp3) is 0.643. The van der Waals surface area contributed by atoms with Crippen LogP contribution >= 0.6 is 0 Å². The molecule has 0 atom stereocenters. The lowest BCUT2D eigenvalue weighted by Gasteiger charge is -2.34. The summed E-state index contributed by atoms with van der Waals surface area (Å²) >= 11 is 0. The predicted molar refractivity (Wildman–Crippen MR) is 69.9 cm³/mol. The molecule has 1 N–H and O–H groups in total. The first kappa shape index (κ1) is 14.2. The van der Waals surface area contributed by atoms with Gasteiger partial charge in [0, 0.05) is 17.2 Å². The smallest absolute Gasteiger partial charge is 0.191 e. The zero-order chi connectivity index (χ0) is 13.9. The average molecular weight is 267 g/mol. The number of pyridine rings is 1. The van der Waals surface area contributed by atoms with Crippen LogP contribution in [0.2, 0.25) is 0 Å². The predicted octanol–water partition coefficient (Wildman–Crippen LogP) is 1.66. The molecule has 5 nitrogen and oxygen atoms in total. The summed E-state index contributed by atoms with van der Waals surface area (Å²) < 4.78 is 16.9. The summed E-state index contributed by atoms with van der Waals surface area (Å²) in [6.07, 6.45) is 1.29. The normalized spacial score (nSPS) is 19.4. The Balaban J connectivity index is 1.89. The Bertz CT molecular complexity index is 423. The fourth-order valence-electron chi connectivity index (χ4n) is 1.86. The van der Waals surface area contributed by atoms with E-state index in [0.717, 1.165) is 5.56 Å². The van der Waals surface area contributed by atoms with Crippen molar-refractivity contribution in [2.24, 2.45) is 5.41 Å². The van der Waals surface area contributed by atoms with Crippen LogP contribution in [-0.2, 0) is 16.1 Å². The van der Waals surface area contributed by atoms with Gasteiger partial charge in [0.15, 0.2) is 6.29 Å². The van der Waals surface area contributed by atoms with E-state index in [4.69, 9.17) is 19.3 Å². The molecule has 19 heavy (non-hydrogen) atoms. The molecule has 0 spiro atoms. The minimum Gasteiger partial charge on any atom is -0.488 e. The highest BCUT2D eigenvalue weighted by Crippen LogP contribution is 2.24. The topological polar surface area (TPSA) is 60.8 Å². The van der Waals surface area contributed by atoms with Crippen molar-refractivity contribution in [2.45, 2.75) is 33.7 Å². The molecule has 0 aromatic carbocycles. The van der Waals surface area contributed by atoms with Crippen LogP contribution in [0.4, 0.5) is 0 Å². The first-order valence-electron chi connectivity index (χ1n) is 6.43. The molecular weight excluding hydrogens is 246 g/mol. The molecule has 0 saturated carbocycles. The summed E-state index contributed by atoms with van der Waals surface area (Å²) in [5.41, 5.74) is 1.54. The lowest BCUT2D eigenvalue weighted by atomic mass is 9.96. The Hall–Kier alpha value is -1.17. The van der Waals surface area contributed by atoms with Crippen molar-refractivity contribution >= 4 is 0 Å². The molecule has 0 unspecified atom stereocenters. The summed E-state index contributed by atoms with van der Waals surface area (Å²) in [6, 6.07) is 1.78. The molecule has 0 amide bonds. The van der Waals surface area contributed by atoms with Gasteiger partial charge in [-0.2, -0.15) is 0 Å². The number of aromatic nitrogens is 1. The van der Waals surface area contributed by atoms with Crippen molar-refractivity contribution in [2.75, 3.05) is 19.8 Å². The molecule has 2 heterocycles. The third-order valence-corrected chi connectivity index (χ3v) is 3.10. The number of hydrogen-bond acceptors (Lipinski definition) is 5. The van der Waals surface area contributed by atoms with Gasteiger partial charge in [0.1, 0.15) is 12.4 Å². The highest BCUT2D eigenvalue weighted by molar-refractivity contribution is 5.34. The second-order valence-electron chi connectivity index (χ2n) is 5.57. The molecule has 1 saturated heterocycles. The van der Waals surface area contributed by atoms with Crippen LogP contribution in [0.1, 0.15) is 25.1 Å². The van der Waals surface area contributed by atoms with Gasteiger partial charge in [-0.3, -0.25) is 4.98 Å². The zero-order valence-corrected chi connectivity index (χ0v) is 11.7. The zero-order valence-electron chi connectivity index (χ0n) is 11.7. The van der Waals surface area contributed by atoms with Gasteiger partial charge in [-0.1, -0.05) is 13.8 Å². The van der Waals surface area contributed by atoms with E-state index in [-0.39, 0.29) is 18.3 Å². The summed E-state index contributed by atoms with van der Waals surface area (Å²) in [4.78, 5) is 4.08. The number of rotatable bonds is 4. The molecule has 1 aliphatic rings. The third kappa shape index (κ3) is 3.65. The van der Waals surface area contributed by atoms with E-state index in [1.165, 1.54) is 0 Å². The lowest BCUT2D eigenvalue weighted by Crippen LogP contribution is -2.40. The van der Waals surface area contributed by atoms with Gasteiger partial charge in [0.2, 0.25) is 0 Å². The van der Waals surface area contributed by atoms with E-state index in [9.17, 15) is 0 Å². The number of aliphatic hydroxyl groups is 1. The summed E-state index contributed by atoms with van der Waals surface area (Å²) in [5.74, 6) is 0.705.